The predicted molar refractivity (Wildman–Crippen MR) is 184 cm³/mol. The Morgan fingerprint density at radius 3 is 1.56 bits per heavy atom. The normalized spacial score (nSPS) is 12.8. The van der Waals surface area contributed by atoms with Gasteiger partial charge in [0.1, 0.15) is 6.61 Å². The van der Waals surface area contributed by atoms with Gasteiger partial charge < -0.3 is 9.16 Å². The summed E-state index contributed by atoms with van der Waals surface area (Å²) < 4.78 is 13.2. The van der Waals surface area contributed by atoms with Crippen molar-refractivity contribution in [3.05, 3.63) is 96.6 Å². The van der Waals surface area contributed by atoms with Crippen LogP contribution in [-0.4, -0.2) is 20.4 Å². The average molecular weight is 601 g/mol. The highest BCUT2D eigenvalue weighted by molar-refractivity contribution is 6.99. The van der Waals surface area contributed by atoms with Gasteiger partial charge in [-0.25, -0.2) is 0 Å². The zero-order valence-electron chi connectivity index (χ0n) is 27.5. The Bertz CT molecular complexity index is 1120. The average Bonchev–Trinajstić information content (AvgIpc) is 3.00. The Hall–Kier alpha value is -2.69. The van der Waals surface area contributed by atoms with E-state index in [0.29, 0.717) is 6.61 Å². The lowest BCUT2D eigenvalue weighted by atomic mass is 10.0. The number of carbonyl (C=O) groups is 1. The molecule has 0 aliphatic heterocycles. The molecule has 0 N–H and O–H groups in total. The second kappa shape index (κ2) is 18.2. The Morgan fingerprint density at radius 2 is 1.09 bits per heavy atom. The molecule has 0 saturated heterocycles. The number of hydrogen-bond acceptors (Lipinski definition) is 3. The first-order valence-corrected chi connectivity index (χ1v) is 18.6. The molecule has 0 fully saturated rings. The lowest BCUT2D eigenvalue weighted by Gasteiger charge is -2.45. The van der Waals surface area contributed by atoms with Gasteiger partial charge in [0.05, 0.1) is 12.5 Å². The van der Waals surface area contributed by atoms with Crippen molar-refractivity contribution >= 4 is 24.7 Å². The number of benzene rings is 3. The van der Waals surface area contributed by atoms with E-state index in [0.717, 1.165) is 24.3 Å². The molecule has 1 atom stereocenters. The fourth-order valence-corrected chi connectivity index (χ4v) is 10.8. The minimum absolute atomic E-state index is 0.141. The van der Waals surface area contributed by atoms with E-state index in [-0.39, 0.29) is 23.5 Å². The largest absolute Gasteiger partial charge is 0.461 e. The summed E-state index contributed by atoms with van der Waals surface area (Å²) in [4.78, 5) is 13.3. The minimum atomic E-state index is -2.78. The third-order valence-electron chi connectivity index (χ3n) is 8.45. The van der Waals surface area contributed by atoms with E-state index >= 15 is 0 Å². The number of rotatable bonds is 19. The van der Waals surface area contributed by atoms with E-state index in [1.807, 2.05) is 30.3 Å². The van der Waals surface area contributed by atoms with Crippen molar-refractivity contribution in [3.8, 4) is 0 Å². The molecule has 234 valence electrons. The summed E-state index contributed by atoms with van der Waals surface area (Å²) in [5.41, 5.74) is 1.00. The Morgan fingerprint density at radius 1 is 0.651 bits per heavy atom. The maximum atomic E-state index is 13.3. The summed E-state index contributed by atoms with van der Waals surface area (Å²) in [7, 11) is -2.78. The summed E-state index contributed by atoms with van der Waals surface area (Å²) in [5, 5.41) is 2.35. The Balaban J connectivity index is 1.73. The molecule has 3 aromatic rings. The molecular formula is C39H56O3Si. The van der Waals surface area contributed by atoms with Gasteiger partial charge in [-0.15, -0.1) is 0 Å². The number of unbranched alkanes of at least 4 members (excludes halogenated alkanes) is 7. The topological polar surface area (TPSA) is 35.5 Å². The van der Waals surface area contributed by atoms with Crippen LogP contribution in [-0.2, 0) is 20.6 Å². The predicted octanol–water partition coefficient (Wildman–Crippen LogP) is 9.62. The quantitative estimate of drug-likeness (QED) is 0.0781. The van der Waals surface area contributed by atoms with Crippen LogP contribution in [0.25, 0.3) is 0 Å². The lowest BCUT2D eigenvalue weighted by Crippen LogP contribution is -2.67. The SMILES string of the molecule is CC(C)CCCCCCCCCC[C@@H](CC(=O)OCc1ccccc1)O[Si](c1ccccc1)(c1ccccc1)C(C)(C)C. The third-order valence-corrected chi connectivity index (χ3v) is 13.5. The molecule has 0 bridgehead atoms. The van der Waals surface area contributed by atoms with Crippen molar-refractivity contribution in [1.29, 1.82) is 0 Å². The molecule has 0 amide bonds. The van der Waals surface area contributed by atoms with Gasteiger partial charge in [0.2, 0.25) is 0 Å². The molecule has 4 heteroatoms. The highest BCUT2D eigenvalue weighted by Gasteiger charge is 2.51. The monoisotopic (exact) mass is 600 g/mol. The fourth-order valence-electron chi connectivity index (χ4n) is 6.11. The number of esters is 1. The zero-order chi connectivity index (χ0) is 31.0. The van der Waals surface area contributed by atoms with E-state index in [1.54, 1.807) is 0 Å². The summed E-state index contributed by atoms with van der Waals surface area (Å²) in [6.45, 7) is 11.8. The van der Waals surface area contributed by atoms with Crippen LogP contribution in [0.15, 0.2) is 91.0 Å². The number of carbonyl (C=O) groups excluding carboxylic acids is 1. The Labute approximate surface area is 263 Å². The summed E-state index contributed by atoms with van der Waals surface area (Å²) >= 11 is 0. The molecule has 0 heterocycles. The van der Waals surface area contributed by atoms with Crippen molar-refractivity contribution in [1.82, 2.24) is 0 Å². The van der Waals surface area contributed by atoms with Gasteiger partial charge in [-0.1, -0.05) is 183 Å². The first-order chi connectivity index (χ1) is 20.7. The van der Waals surface area contributed by atoms with Crippen molar-refractivity contribution in [3.63, 3.8) is 0 Å². The van der Waals surface area contributed by atoms with Gasteiger partial charge in [-0.2, -0.15) is 0 Å². The number of hydrogen-bond donors (Lipinski definition) is 0. The highest BCUT2D eigenvalue weighted by atomic mass is 28.4. The molecule has 3 rings (SSSR count). The van der Waals surface area contributed by atoms with Crippen LogP contribution in [0.4, 0.5) is 0 Å². The lowest BCUT2D eigenvalue weighted by molar-refractivity contribution is -0.147. The first-order valence-electron chi connectivity index (χ1n) is 16.7. The molecule has 43 heavy (non-hydrogen) atoms. The van der Waals surface area contributed by atoms with Crippen molar-refractivity contribution in [2.45, 2.75) is 123 Å². The summed E-state index contributed by atoms with van der Waals surface area (Å²) in [6.07, 6.45) is 12.4. The summed E-state index contributed by atoms with van der Waals surface area (Å²) in [6, 6.07) is 31.4. The molecule has 3 aromatic carbocycles. The summed E-state index contributed by atoms with van der Waals surface area (Å²) in [5.74, 6) is 0.628. The van der Waals surface area contributed by atoms with E-state index in [1.165, 1.54) is 61.7 Å². The molecule has 0 saturated carbocycles. The van der Waals surface area contributed by atoms with E-state index < -0.39 is 8.32 Å². The van der Waals surface area contributed by atoms with Crippen LogP contribution >= 0.6 is 0 Å². The minimum Gasteiger partial charge on any atom is -0.461 e. The standard InChI is InChI=1S/C39H56O3Si/c1-33(2)23-15-10-8-6-7-9-11-18-26-35(31-38(40)41-32-34-24-16-12-17-25-34)42-43(39(3,4)5,36-27-19-13-20-28-36)37-29-21-14-22-30-37/h12-14,16-17,19-22,24-25,27-30,33,35H,6-11,15,18,23,26,31-32H2,1-5H3/t35-/m0/s1. The molecule has 0 aliphatic rings. The highest BCUT2D eigenvalue weighted by Crippen LogP contribution is 2.38. The molecular weight excluding hydrogens is 545 g/mol. The van der Waals surface area contributed by atoms with E-state index in [9.17, 15) is 4.79 Å². The van der Waals surface area contributed by atoms with Crippen LogP contribution in [0, 0.1) is 5.92 Å². The molecule has 0 spiro atoms. The van der Waals surface area contributed by atoms with Gasteiger partial charge >= 0.3 is 5.97 Å². The van der Waals surface area contributed by atoms with Crippen molar-refractivity contribution in [2.24, 2.45) is 5.92 Å². The van der Waals surface area contributed by atoms with Crippen molar-refractivity contribution in [2.75, 3.05) is 0 Å². The van der Waals surface area contributed by atoms with Gasteiger partial charge in [0.25, 0.3) is 8.32 Å². The molecule has 0 aromatic heterocycles. The van der Waals surface area contributed by atoms with Gasteiger partial charge in [-0.3, -0.25) is 4.79 Å². The van der Waals surface area contributed by atoms with E-state index in [2.05, 4.69) is 95.3 Å². The van der Waals surface area contributed by atoms with Gasteiger partial charge in [0, 0.05) is 0 Å². The molecule has 0 radical (unpaired) electrons. The molecule has 3 nitrogen and oxygen atoms in total. The van der Waals surface area contributed by atoms with E-state index in [4.69, 9.17) is 9.16 Å². The molecule has 0 aliphatic carbocycles. The smallest absolute Gasteiger partial charge is 0.308 e. The van der Waals surface area contributed by atoms with Crippen LogP contribution < -0.4 is 10.4 Å². The van der Waals surface area contributed by atoms with Crippen LogP contribution in [0.1, 0.15) is 111 Å². The second-order valence-corrected chi connectivity index (χ2v) is 17.8. The molecule has 0 unspecified atom stereocenters. The van der Waals surface area contributed by atoms with Crippen LogP contribution in [0.2, 0.25) is 5.04 Å². The van der Waals surface area contributed by atoms with Crippen molar-refractivity contribution < 1.29 is 14.0 Å². The number of ether oxygens (including phenoxy) is 1. The van der Waals surface area contributed by atoms with Gasteiger partial charge in [-0.05, 0) is 33.3 Å². The first kappa shape index (κ1) is 34.8. The maximum Gasteiger partial charge on any atom is 0.308 e. The fraction of sp³-hybridized carbons (Fsp3) is 0.513. The third kappa shape index (κ3) is 11.4. The van der Waals surface area contributed by atoms with Gasteiger partial charge in [0.15, 0.2) is 0 Å². The van der Waals surface area contributed by atoms with Crippen LogP contribution in [0.3, 0.4) is 0 Å². The maximum absolute atomic E-state index is 13.3. The van der Waals surface area contributed by atoms with Crippen LogP contribution in [0.5, 0.6) is 0 Å². The zero-order valence-corrected chi connectivity index (χ0v) is 28.5. The Kier molecular flexibility index (Phi) is 14.7. The second-order valence-electron chi connectivity index (χ2n) is 13.6.